The summed E-state index contributed by atoms with van der Waals surface area (Å²) in [5, 5.41) is 5.67. The maximum Gasteiger partial charge on any atom is 0.226 e. The van der Waals surface area contributed by atoms with E-state index < -0.39 is 0 Å². The van der Waals surface area contributed by atoms with Crippen molar-refractivity contribution < 1.29 is 13.9 Å². The van der Waals surface area contributed by atoms with Gasteiger partial charge in [0, 0.05) is 30.6 Å². The van der Waals surface area contributed by atoms with Crippen LogP contribution in [-0.4, -0.2) is 44.8 Å². The van der Waals surface area contributed by atoms with Crippen LogP contribution >= 0.6 is 0 Å². The minimum atomic E-state index is 0.269. The van der Waals surface area contributed by atoms with E-state index in [2.05, 4.69) is 28.8 Å². The Hall–Kier alpha value is -3.39. The molecule has 0 bridgehead atoms. The molecular formula is C25H31N5O3. The Morgan fingerprint density at radius 2 is 1.79 bits per heavy atom. The minimum Gasteiger partial charge on any atom is -0.497 e. The zero-order valence-electron chi connectivity index (χ0n) is 20.2. The molecule has 0 radical (unpaired) electrons. The fourth-order valence-electron chi connectivity index (χ4n) is 3.96. The Kier molecular flexibility index (Phi) is 6.65. The number of aromatic nitrogens is 4. The second-order valence-corrected chi connectivity index (χ2v) is 8.03. The van der Waals surface area contributed by atoms with E-state index in [0.29, 0.717) is 11.8 Å². The van der Waals surface area contributed by atoms with E-state index in [4.69, 9.17) is 18.9 Å². The molecule has 4 rings (SSSR count). The van der Waals surface area contributed by atoms with Gasteiger partial charge in [-0.2, -0.15) is 10.1 Å². The van der Waals surface area contributed by atoms with Crippen molar-refractivity contribution in [2.75, 3.05) is 20.2 Å². The Morgan fingerprint density at radius 1 is 1.06 bits per heavy atom. The zero-order valence-corrected chi connectivity index (χ0v) is 20.2. The lowest BCUT2D eigenvalue weighted by molar-refractivity contribution is 0.282. The van der Waals surface area contributed by atoms with E-state index in [1.165, 1.54) is 5.56 Å². The van der Waals surface area contributed by atoms with Gasteiger partial charge in [0.05, 0.1) is 12.8 Å². The highest BCUT2D eigenvalue weighted by Gasteiger charge is 2.17. The van der Waals surface area contributed by atoms with Crippen molar-refractivity contribution in [2.45, 2.75) is 40.8 Å². The highest BCUT2D eigenvalue weighted by molar-refractivity contribution is 5.82. The van der Waals surface area contributed by atoms with E-state index in [1.54, 1.807) is 7.11 Å². The molecule has 0 N–H and O–H groups in total. The molecule has 8 nitrogen and oxygen atoms in total. The number of fused-ring (bicyclic) bond motifs is 1. The second-order valence-electron chi connectivity index (χ2n) is 8.03. The number of methoxy groups -OCH3 is 1. The number of nitrogens with zero attached hydrogens (tertiary/aromatic N) is 5. The smallest absolute Gasteiger partial charge is 0.226 e. The summed E-state index contributed by atoms with van der Waals surface area (Å²) >= 11 is 0. The molecule has 0 unspecified atom stereocenters. The molecule has 4 aromatic rings. The quantitative estimate of drug-likeness (QED) is 0.367. The molecule has 0 aliphatic heterocycles. The Morgan fingerprint density at radius 3 is 2.45 bits per heavy atom. The van der Waals surface area contributed by atoms with Gasteiger partial charge in [0.15, 0.2) is 5.65 Å². The van der Waals surface area contributed by atoms with Crippen LogP contribution in [0.25, 0.3) is 22.5 Å². The zero-order chi connectivity index (χ0) is 23.5. The van der Waals surface area contributed by atoms with Crippen LogP contribution in [0.3, 0.4) is 0 Å². The maximum atomic E-state index is 6.11. The molecule has 0 amide bonds. The van der Waals surface area contributed by atoms with Gasteiger partial charge in [-0.25, -0.2) is 4.98 Å². The van der Waals surface area contributed by atoms with Crippen molar-refractivity contribution in [3.05, 3.63) is 53.0 Å². The average molecular weight is 450 g/mol. The van der Waals surface area contributed by atoms with Gasteiger partial charge in [0.2, 0.25) is 11.8 Å². The molecule has 3 aromatic heterocycles. The third kappa shape index (κ3) is 4.71. The van der Waals surface area contributed by atoms with Crippen LogP contribution in [-0.2, 0) is 20.2 Å². The van der Waals surface area contributed by atoms with Crippen LogP contribution in [0.5, 0.6) is 11.6 Å². The van der Waals surface area contributed by atoms with Crippen molar-refractivity contribution >= 4 is 11.0 Å². The minimum absolute atomic E-state index is 0.269. The fourth-order valence-corrected chi connectivity index (χ4v) is 3.96. The van der Waals surface area contributed by atoms with Crippen molar-refractivity contribution in [1.29, 1.82) is 0 Å². The van der Waals surface area contributed by atoms with Gasteiger partial charge in [-0.15, -0.1) is 0 Å². The Balaban J connectivity index is 1.59. The maximum absolute atomic E-state index is 6.11. The molecule has 0 spiro atoms. The third-order valence-electron chi connectivity index (χ3n) is 5.90. The first-order valence-corrected chi connectivity index (χ1v) is 11.2. The van der Waals surface area contributed by atoms with E-state index >= 15 is 0 Å². The van der Waals surface area contributed by atoms with E-state index in [1.807, 2.05) is 55.9 Å². The molecule has 0 aliphatic carbocycles. The summed E-state index contributed by atoms with van der Waals surface area (Å²) in [4.78, 5) is 11.7. The lowest BCUT2D eigenvalue weighted by Crippen LogP contribution is -2.22. The highest BCUT2D eigenvalue weighted by Crippen LogP contribution is 2.28. The molecule has 174 valence electrons. The summed E-state index contributed by atoms with van der Waals surface area (Å²) in [6.07, 6.45) is 0. The van der Waals surface area contributed by atoms with Crippen molar-refractivity contribution in [2.24, 2.45) is 7.05 Å². The molecule has 0 saturated carbocycles. The largest absolute Gasteiger partial charge is 0.497 e. The predicted octanol–water partition coefficient (Wildman–Crippen LogP) is 4.67. The van der Waals surface area contributed by atoms with Gasteiger partial charge in [-0.05, 0) is 56.8 Å². The fraction of sp³-hybridized carbons (Fsp3) is 0.400. The molecule has 8 heteroatoms. The van der Waals surface area contributed by atoms with Crippen LogP contribution in [0.2, 0.25) is 0 Å². The van der Waals surface area contributed by atoms with Crippen molar-refractivity contribution in [3.63, 3.8) is 0 Å². The first kappa shape index (κ1) is 22.8. The van der Waals surface area contributed by atoms with E-state index in [-0.39, 0.29) is 6.61 Å². The molecule has 33 heavy (non-hydrogen) atoms. The molecule has 0 aliphatic rings. The van der Waals surface area contributed by atoms with Gasteiger partial charge < -0.3 is 13.9 Å². The second kappa shape index (κ2) is 9.62. The van der Waals surface area contributed by atoms with Crippen molar-refractivity contribution in [3.8, 4) is 23.1 Å². The Labute approximate surface area is 194 Å². The molecular weight excluding hydrogens is 418 g/mol. The topological polar surface area (TPSA) is 78.4 Å². The summed E-state index contributed by atoms with van der Waals surface area (Å²) in [6, 6.07) is 9.65. The molecule has 0 saturated heterocycles. The number of benzene rings is 1. The normalized spacial score (nSPS) is 11.5. The molecule has 1 aromatic carbocycles. The summed E-state index contributed by atoms with van der Waals surface area (Å²) in [5.74, 6) is 2.63. The summed E-state index contributed by atoms with van der Waals surface area (Å²) in [5.41, 5.74) is 4.60. The molecule has 0 fully saturated rings. The van der Waals surface area contributed by atoms with Crippen LogP contribution < -0.4 is 9.47 Å². The van der Waals surface area contributed by atoms with Gasteiger partial charge in [-0.1, -0.05) is 13.8 Å². The number of hydrogen-bond donors (Lipinski definition) is 0. The van der Waals surface area contributed by atoms with E-state index in [9.17, 15) is 0 Å². The number of hydrogen-bond acceptors (Lipinski definition) is 7. The number of aryl methyl sites for hydroxylation is 3. The molecule has 0 atom stereocenters. The average Bonchev–Trinajstić information content (AvgIpc) is 3.34. The SMILES string of the molecule is CCN(CC)Cc1cc(OCc2nc(-c3ccc(OC)cc3)oc2C)nc2c1c(C)nn2C. The van der Waals surface area contributed by atoms with Crippen LogP contribution in [0.1, 0.15) is 36.6 Å². The highest BCUT2D eigenvalue weighted by atomic mass is 16.5. The Bertz CT molecular complexity index is 1240. The van der Waals surface area contributed by atoms with E-state index in [0.717, 1.165) is 59.1 Å². The monoisotopic (exact) mass is 449 g/mol. The van der Waals surface area contributed by atoms with Crippen LogP contribution in [0.15, 0.2) is 34.7 Å². The molecule has 3 heterocycles. The standard InChI is InChI=1S/C25H31N5O3/c1-7-30(8-2)14-19-13-22(27-24-23(19)16(3)28-29(24)5)32-15-21-17(4)33-25(26-21)18-9-11-20(31-6)12-10-18/h9-13H,7-8,14-15H2,1-6H3. The van der Waals surface area contributed by atoms with Gasteiger partial charge >= 0.3 is 0 Å². The lowest BCUT2D eigenvalue weighted by atomic mass is 10.1. The van der Waals surface area contributed by atoms with Gasteiger partial charge in [0.25, 0.3) is 0 Å². The van der Waals surface area contributed by atoms with Crippen LogP contribution in [0.4, 0.5) is 0 Å². The summed E-state index contributed by atoms with van der Waals surface area (Å²) < 4.78 is 19.0. The number of oxazole rings is 1. The number of rotatable bonds is 9. The van der Waals surface area contributed by atoms with Gasteiger partial charge in [0.1, 0.15) is 23.8 Å². The summed E-state index contributed by atoms with van der Waals surface area (Å²) in [6.45, 7) is 11.3. The first-order valence-electron chi connectivity index (χ1n) is 11.2. The third-order valence-corrected chi connectivity index (χ3v) is 5.90. The predicted molar refractivity (Wildman–Crippen MR) is 127 cm³/mol. The van der Waals surface area contributed by atoms with Crippen molar-refractivity contribution in [1.82, 2.24) is 24.6 Å². The summed E-state index contributed by atoms with van der Waals surface area (Å²) in [7, 11) is 3.56. The number of pyridine rings is 1. The van der Waals surface area contributed by atoms with Crippen LogP contribution in [0, 0.1) is 13.8 Å². The number of ether oxygens (including phenoxy) is 2. The van der Waals surface area contributed by atoms with Gasteiger partial charge in [-0.3, -0.25) is 9.58 Å². The lowest BCUT2D eigenvalue weighted by Gasteiger charge is -2.19. The first-order chi connectivity index (χ1) is 15.9.